The third kappa shape index (κ3) is 5.27. The van der Waals surface area contributed by atoms with E-state index >= 15 is 0 Å². The van der Waals surface area contributed by atoms with Gasteiger partial charge < -0.3 is 10.1 Å². The van der Waals surface area contributed by atoms with E-state index < -0.39 is 0 Å². The highest BCUT2D eigenvalue weighted by molar-refractivity contribution is 6.32. The number of rotatable bonds is 3. The van der Waals surface area contributed by atoms with E-state index in [1.165, 1.54) is 0 Å². The van der Waals surface area contributed by atoms with E-state index in [1.807, 2.05) is 32.2 Å². The van der Waals surface area contributed by atoms with Crippen molar-refractivity contribution in [2.75, 3.05) is 20.2 Å². The van der Waals surface area contributed by atoms with Crippen molar-refractivity contribution < 1.29 is 4.74 Å². The molecular formula is C12H15Cl2NO. The van der Waals surface area contributed by atoms with Crippen molar-refractivity contribution in [3.63, 3.8) is 0 Å². The molecule has 1 aromatic rings. The molecule has 4 heteroatoms. The standard InChI is InChI=1S/C12H14ClNO.ClH/c1-10-5-6-12(11(13)9-10)15-8-4-3-7-14-2;/h5-6,9,14H,7-8H2,1-2H3;1H. The Morgan fingerprint density at radius 3 is 2.75 bits per heavy atom. The number of aryl methyl sites for hydroxylation is 1. The second-order valence-electron chi connectivity index (χ2n) is 3.11. The fraction of sp³-hybridized carbons (Fsp3) is 0.333. The predicted molar refractivity (Wildman–Crippen MR) is 70.6 cm³/mol. The molecule has 1 rings (SSSR count). The number of halogens is 2. The fourth-order valence-corrected chi connectivity index (χ4v) is 1.33. The molecule has 0 aliphatic heterocycles. The molecule has 1 N–H and O–H groups in total. The van der Waals surface area contributed by atoms with E-state index in [0.29, 0.717) is 23.9 Å². The first-order valence-electron chi connectivity index (χ1n) is 4.73. The van der Waals surface area contributed by atoms with Crippen molar-refractivity contribution in [2.45, 2.75) is 6.92 Å². The number of benzene rings is 1. The van der Waals surface area contributed by atoms with Gasteiger partial charge in [-0.25, -0.2) is 0 Å². The second kappa shape index (κ2) is 8.29. The molecule has 0 amide bonds. The molecule has 0 radical (unpaired) electrons. The van der Waals surface area contributed by atoms with Crippen LogP contribution in [0.4, 0.5) is 0 Å². The molecule has 0 aliphatic rings. The fourth-order valence-electron chi connectivity index (χ4n) is 1.04. The summed E-state index contributed by atoms with van der Waals surface area (Å²) in [4.78, 5) is 0. The van der Waals surface area contributed by atoms with Crippen molar-refractivity contribution in [1.82, 2.24) is 5.32 Å². The highest BCUT2D eigenvalue weighted by Gasteiger charge is 1.99. The first-order chi connectivity index (χ1) is 7.24. The maximum Gasteiger partial charge on any atom is 0.149 e. The van der Waals surface area contributed by atoms with Crippen molar-refractivity contribution in [1.29, 1.82) is 0 Å². The summed E-state index contributed by atoms with van der Waals surface area (Å²) in [6.07, 6.45) is 0. The van der Waals surface area contributed by atoms with E-state index in [2.05, 4.69) is 17.2 Å². The zero-order valence-corrected chi connectivity index (χ0v) is 10.9. The quantitative estimate of drug-likeness (QED) is 0.844. The maximum atomic E-state index is 5.98. The van der Waals surface area contributed by atoms with Crippen LogP contribution in [-0.2, 0) is 0 Å². The normalized spacial score (nSPS) is 8.69. The van der Waals surface area contributed by atoms with Gasteiger partial charge in [-0.2, -0.15) is 0 Å². The lowest BCUT2D eigenvalue weighted by Crippen LogP contribution is -2.05. The average molecular weight is 260 g/mol. The van der Waals surface area contributed by atoms with Gasteiger partial charge in [0.2, 0.25) is 0 Å². The lowest BCUT2D eigenvalue weighted by atomic mass is 10.2. The van der Waals surface area contributed by atoms with Crippen LogP contribution in [-0.4, -0.2) is 20.2 Å². The van der Waals surface area contributed by atoms with E-state index in [9.17, 15) is 0 Å². The molecule has 1 aromatic carbocycles. The Hall–Kier alpha value is -0.880. The molecule has 0 spiro atoms. The van der Waals surface area contributed by atoms with Gasteiger partial charge in [-0.05, 0) is 31.7 Å². The summed E-state index contributed by atoms with van der Waals surface area (Å²) in [6, 6.07) is 5.69. The lowest BCUT2D eigenvalue weighted by Gasteiger charge is -2.04. The second-order valence-corrected chi connectivity index (χ2v) is 3.51. The van der Waals surface area contributed by atoms with Crippen molar-refractivity contribution in [3.05, 3.63) is 28.8 Å². The predicted octanol–water partition coefficient (Wildman–Crippen LogP) is 2.67. The van der Waals surface area contributed by atoms with Crippen LogP contribution in [0.5, 0.6) is 5.75 Å². The van der Waals surface area contributed by atoms with Gasteiger partial charge in [0, 0.05) is 0 Å². The smallest absolute Gasteiger partial charge is 0.149 e. The van der Waals surface area contributed by atoms with Crippen molar-refractivity contribution in [2.24, 2.45) is 0 Å². The summed E-state index contributed by atoms with van der Waals surface area (Å²) in [5.74, 6) is 6.47. The number of nitrogens with one attached hydrogen (secondary N) is 1. The summed E-state index contributed by atoms with van der Waals surface area (Å²) in [6.45, 7) is 3.03. The molecule has 2 nitrogen and oxygen atoms in total. The van der Waals surface area contributed by atoms with Crippen LogP contribution in [0, 0.1) is 18.8 Å². The van der Waals surface area contributed by atoms with Crippen LogP contribution in [0.25, 0.3) is 0 Å². The van der Waals surface area contributed by atoms with Gasteiger partial charge in [0.05, 0.1) is 11.6 Å². The zero-order valence-electron chi connectivity index (χ0n) is 9.34. The van der Waals surface area contributed by atoms with Crippen LogP contribution < -0.4 is 10.1 Å². The molecule has 0 fully saturated rings. The molecule has 88 valence electrons. The minimum Gasteiger partial charge on any atom is -0.479 e. The first kappa shape index (κ1) is 15.1. The van der Waals surface area contributed by atoms with Crippen LogP contribution >= 0.6 is 24.0 Å². The molecule has 16 heavy (non-hydrogen) atoms. The number of ether oxygens (including phenoxy) is 1. The van der Waals surface area contributed by atoms with E-state index in [0.717, 1.165) is 5.56 Å². The van der Waals surface area contributed by atoms with E-state index in [4.69, 9.17) is 16.3 Å². The molecule has 0 unspecified atom stereocenters. The van der Waals surface area contributed by atoms with Crippen LogP contribution in [0.3, 0.4) is 0 Å². The Balaban J connectivity index is 0.00000225. The zero-order chi connectivity index (χ0) is 11.1. The molecule has 0 atom stereocenters. The minimum absolute atomic E-state index is 0. The van der Waals surface area contributed by atoms with Gasteiger partial charge in [-0.3, -0.25) is 0 Å². The first-order valence-corrected chi connectivity index (χ1v) is 5.11. The van der Waals surface area contributed by atoms with Gasteiger partial charge in [0.1, 0.15) is 12.4 Å². The highest BCUT2D eigenvalue weighted by atomic mass is 35.5. The van der Waals surface area contributed by atoms with Gasteiger partial charge in [-0.1, -0.05) is 29.5 Å². The molecule has 0 saturated heterocycles. The van der Waals surface area contributed by atoms with Crippen LogP contribution in [0.15, 0.2) is 18.2 Å². The van der Waals surface area contributed by atoms with E-state index in [1.54, 1.807) is 0 Å². The molecule has 0 heterocycles. The third-order valence-corrected chi connectivity index (χ3v) is 2.07. The van der Waals surface area contributed by atoms with Gasteiger partial charge in [-0.15, -0.1) is 12.4 Å². The Morgan fingerprint density at radius 1 is 1.38 bits per heavy atom. The SMILES string of the molecule is CNCC#CCOc1ccc(C)cc1Cl.Cl. The third-order valence-electron chi connectivity index (χ3n) is 1.78. The Labute approximate surface area is 108 Å². The summed E-state index contributed by atoms with van der Waals surface area (Å²) < 4.78 is 5.41. The molecule has 0 saturated carbocycles. The molecular weight excluding hydrogens is 245 g/mol. The number of hydrogen-bond acceptors (Lipinski definition) is 2. The largest absolute Gasteiger partial charge is 0.479 e. The lowest BCUT2D eigenvalue weighted by molar-refractivity contribution is 0.370. The van der Waals surface area contributed by atoms with Gasteiger partial charge >= 0.3 is 0 Å². The minimum atomic E-state index is 0. The average Bonchev–Trinajstić information content (AvgIpc) is 2.20. The van der Waals surface area contributed by atoms with E-state index in [-0.39, 0.29) is 12.4 Å². The summed E-state index contributed by atoms with van der Waals surface area (Å²) >= 11 is 5.98. The summed E-state index contributed by atoms with van der Waals surface area (Å²) in [5, 5.41) is 3.56. The molecule has 0 bridgehead atoms. The summed E-state index contributed by atoms with van der Waals surface area (Å²) in [7, 11) is 1.85. The monoisotopic (exact) mass is 259 g/mol. The Kier molecular flexibility index (Phi) is 7.84. The van der Waals surface area contributed by atoms with Crippen molar-refractivity contribution in [3.8, 4) is 17.6 Å². The van der Waals surface area contributed by atoms with Crippen molar-refractivity contribution >= 4 is 24.0 Å². The van der Waals surface area contributed by atoms with Gasteiger partial charge in [0.15, 0.2) is 0 Å². The highest BCUT2D eigenvalue weighted by Crippen LogP contribution is 2.24. The summed E-state index contributed by atoms with van der Waals surface area (Å²) in [5.41, 5.74) is 1.12. The van der Waals surface area contributed by atoms with Crippen LogP contribution in [0.2, 0.25) is 5.02 Å². The topological polar surface area (TPSA) is 21.3 Å². The Bertz CT molecular complexity index is 382. The van der Waals surface area contributed by atoms with Crippen LogP contribution in [0.1, 0.15) is 5.56 Å². The van der Waals surface area contributed by atoms with Gasteiger partial charge in [0.25, 0.3) is 0 Å². The maximum absolute atomic E-state index is 5.98. The molecule has 0 aliphatic carbocycles. The molecule has 0 aromatic heterocycles. The Morgan fingerprint density at radius 2 is 2.12 bits per heavy atom. The number of hydrogen-bond donors (Lipinski definition) is 1.